The van der Waals surface area contributed by atoms with Gasteiger partial charge in [-0.15, -0.1) is 0 Å². The van der Waals surface area contributed by atoms with Crippen molar-refractivity contribution in [3.8, 4) is 0 Å². The summed E-state index contributed by atoms with van der Waals surface area (Å²) < 4.78 is 0. The van der Waals surface area contributed by atoms with E-state index in [2.05, 4.69) is 10.2 Å². The van der Waals surface area contributed by atoms with E-state index in [4.69, 9.17) is 11.6 Å². The zero-order valence-corrected chi connectivity index (χ0v) is 14.6. The molecule has 124 valence electrons. The Bertz CT molecular complexity index is 841. The van der Waals surface area contributed by atoms with E-state index < -0.39 is 0 Å². The van der Waals surface area contributed by atoms with Crippen LogP contribution in [0.1, 0.15) is 36.8 Å². The molecule has 0 unspecified atom stereocenters. The zero-order chi connectivity index (χ0) is 17.7. The molecule has 0 radical (unpaired) electrons. The Morgan fingerprint density at radius 2 is 1.79 bits per heavy atom. The fraction of sp³-hybridized carbons (Fsp3) is 0.211. The molecule has 0 aliphatic rings. The van der Waals surface area contributed by atoms with Gasteiger partial charge in [-0.25, -0.2) is 5.10 Å². The first-order chi connectivity index (χ1) is 11.4. The van der Waals surface area contributed by atoms with Gasteiger partial charge in [-0.3, -0.25) is 9.59 Å². The normalized spacial score (nSPS) is 12.8. The molecule has 0 spiro atoms. The van der Waals surface area contributed by atoms with Gasteiger partial charge in [-0.1, -0.05) is 23.3 Å². The number of nitrogens with zero attached hydrogens (tertiary/aromatic N) is 1. The van der Waals surface area contributed by atoms with E-state index in [9.17, 15) is 9.59 Å². The Morgan fingerprint density at radius 3 is 2.38 bits per heavy atom. The summed E-state index contributed by atoms with van der Waals surface area (Å²) >= 11 is 5.85. The number of hydrogen-bond acceptors (Lipinski definition) is 3. The van der Waals surface area contributed by atoms with Gasteiger partial charge in [0.1, 0.15) is 0 Å². The van der Waals surface area contributed by atoms with Crippen molar-refractivity contribution in [1.82, 2.24) is 10.2 Å². The van der Waals surface area contributed by atoms with Crippen molar-refractivity contribution < 1.29 is 4.79 Å². The van der Waals surface area contributed by atoms with Crippen LogP contribution in [0.4, 0.5) is 0 Å². The molecule has 0 bridgehead atoms. The standard InChI is InChI=1S/C19H19ClN2O2/c1-12(11-17-8-9-18(23)22-21-17)10-13(2)14(3)19(24)15-4-6-16(20)7-5-15/h4-10H,11H2,1-3H3,(H,22,23)/b12-10+,14-13+. The maximum atomic E-state index is 12.5. The van der Waals surface area contributed by atoms with Crippen molar-refractivity contribution in [3.05, 3.63) is 85.8 Å². The molecule has 1 N–H and O–H groups in total. The zero-order valence-electron chi connectivity index (χ0n) is 13.9. The number of nitrogens with one attached hydrogen (secondary N) is 1. The second-order valence-corrected chi connectivity index (χ2v) is 6.16. The first kappa shape index (κ1) is 17.9. The number of Topliss-reactive ketones (excluding diaryl/α,β-unsaturated/α-hetero) is 1. The van der Waals surface area contributed by atoms with Gasteiger partial charge in [0.2, 0.25) is 0 Å². The molecule has 1 aromatic carbocycles. The summed E-state index contributed by atoms with van der Waals surface area (Å²) in [5.41, 5.74) is 3.81. The summed E-state index contributed by atoms with van der Waals surface area (Å²) in [6, 6.07) is 10.0. The number of hydrogen-bond donors (Lipinski definition) is 1. The van der Waals surface area contributed by atoms with E-state index in [1.165, 1.54) is 6.07 Å². The lowest BCUT2D eigenvalue weighted by atomic mass is 9.98. The van der Waals surface area contributed by atoms with E-state index in [1.807, 2.05) is 26.8 Å². The van der Waals surface area contributed by atoms with Crippen molar-refractivity contribution in [2.75, 3.05) is 0 Å². The largest absolute Gasteiger partial charge is 0.289 e. The highest BCUT2D eigenvalue weighted by atomic mass is 35.5. The molecule has 4 nitrogen and oxygen atoms in total. The first-order valence-electron chi connectivity index (χ1n) is 7.56. The minimum atomic E-state index is -0.221. The molecule has 0 saturated carbocycles. The molecule has 0 saturated heterocycles. The van der Waals surface area contributed by atoms with Crippen LogP contribution in [-0.2, 0) is 6.42 Å². The fourth-order valence-electron chi connectivity index (χ4n) is 2.28. The number of allylic oxidation sites excluding steroid dienone is 4. The monoisotopic (exact) mass is 342 g/mol. The molecule has 1 heterocycles. The third kappa shape index (κ3) is 4.77. The third-order valence-corrected chi connectivity index (χ3v) is 3.95. The van der Waals surface area contributed by atoms with Crippen LogP contribution < -0.4 is 5.56 Å². The van der Waals surface area contributed by atoms with E-state index >= 15 is 0 Å². The maximum absolute atomic E-state index is 12.5. The summed E-state index contributed by atoms with van der Waals surface area (Å²) in [4.78, 5) is 23.5. The Hall–Kier alpha value is -2.46. The minimum Gasteiger partial charge on any atom is -0.289 e. The van der Waals surface area contributed by atoms with Gasteiger partial charge in [-0.2, -0.15) is 5.10 Å². The summed E-state index contributed by atoms with van der Waals surface area (Å²) in [5.74, 6) is -0.0182. The SMILES string of the molecule is C/C(=C\C(C)=C(/C)C(=O)c1ccc(Cl)cc1)Cc1ccc(=O)[nH]n1. The smallest absolute Gasteiger partial charge is 0.264 e. The molecule has 1 aromatic heterocycles. The summed E-state index contributed by atoms with van der Waals surface area (Å²) in [6.07, 6.45) is 2.58. The van der Waals surface area contributed by atoms with Crippen molar-refractivity contribution in [3.63, 3.8) is 0 Å². The van der Waals surface area contributed by atoms with E-state index in [0.717, 1.165) is 16.8 Å². The highest BCUT2D eigenvalue weighted by molar-refractivity contribution is 6.30. The second kappa shape index (κ2) is 7.88. The Labute approximate surface area is 145 Å². The topological polar surface area (TPSA) is 62.8 Å². The van der Waals surface area contributed by atoms with Crippen molar-refractivity contribution >= 4 is 17.4 Å². The minimum absolute atomic E-state index is 0.0182. The molecule has 0 aliphatic heterocycles. The first-order valence-corrected chi connectivity index (χ1v) is 7.94. The molecule has 2 aromatic rings. The quantitative estimate of drug-likeness (QED) is 0.505. The van der Waals surface area contributed by atoms with Crippen LogP contribution in [-0.4, -0.2) is 16.0 Å². The van der Waals surface area contributed by atoms with E-state index in [0.29, 0.717) is 22.6 Å². The summed E-state index contributed by atoms with van der Waals surface area (Å²) in [7, 11) is 0. The Morgan fingerprint density at radius 1 is 1.12 bits per heavy atom. The molecule has 24 heavy (non-hydrogen) atoms. The van der Waals surface area contributed by atoms with Gasteiger partial charge >= 0.3 is 0 Å². The number of carbonyl (C=O) groups excluding carboxylic acids is 1. The lowest BCUT2D eigenvalue weighted by molar-refractivity contribution is 0.103. The van der Waals surface area contributed by atoms with Crippen LogP contribution in [0.25, 0.3) is 0 Å². The summed E-state index contributed by atoms with van der Waals surface area (Å²) in [5, 5.41) is 7.01. The second-order valence-electron chi connectivity index (χ2n) is 5.72. The molecule has 0 aliphatic carbocycles. The lowest BCUT2D eigenvalue weighted by Gasteiger charge is -2.06. The van der Waals surface area contributed by atoms with Crippen molar-refractivity contribution in [1.29, 1.82) is 0 Å². The number of rotatable bonds is 5. The maximum Gasteiger partial charge on any atom is 0.264 e. The van der Waals surface area contributed by atoms with E-state index in [1.54, 1.807) is 30.3 Å². The Balaban J connectivity index is 2.17. The molecule has 0 amide bonds. The van der Waals surface area contributed by atoms with Gasteiger partial charge < -0.3 is 0 Å². The predicted octanol–water partition coefficient (Wildman–Crippen LogP) is 4.13. The molecule has 2 rings (SSSR count). The predicted molar refractivity (Wildman–Crippen MR) is 96.5 cm³/mol. The number of carbonyl (C=O) groups is 1. The summed E-state index contributed by atoms with van der Waals surface area (Å²) in [6.45, 7) is 5.69. The fourth-order valence-corrected chi connectivity index (χ4v) is 2.41. The van der Waals surface area contributed by atoms with Crippen LogP contribution in [0.3, 0.4) is 0 Å². The van der Waals surface area contributed by atoms with Crippen molar-refractivity contribution in [2.24, 2.45) is 0 Å². The number of H-pyrrole nitrogens is 1. The number of halogens is 1. The van der Waals surface area contributed by atoms with Gasteiger partial charge in [0.25, 0.3) is 5.56 Å². The molecule has 0 fully saturated rings. The average molecular weight is 343 g/mol. The molecule has 5 heteroatoms. The van der Waals surface area contributed by atoms with Crippen molar-refractivity contribution in [2.45, 2.75) is 27.2 Å². The highest BCUT2D eigenvalue weighted by Gasteiger charge is 2.10. The van der Waals surface area contributed by atoms with Crippen LogP contribution in [0, 0.1) is 0 Å². The van der Waals surface area contributed by atoms with Gasteiger partial charge in [0, 0.05) is 23.1 Å². The van der Waals surface area contributed by atoms with Gasteiger partial charge in [0.05, 0.1) is 5.69 Å². The van der Waals surface area contributed by atoms with Gasteiger partial charge in [0.15, 0.2) is 5.78 Å². The number of aromatic nitrogens is 2. The molecular weight excluding hydrogens is 324 g/mol. The van der Waals surface area contributed by atoms with Crippen LogP contribution >= 0.6 is 11.6 Å². The van der Waals surface area contributed by atoms with Crippen LogP contribution in [0.2, 0.25) is 5.02 Å². The average Bonchev–Trinajstić information content (AvgIpc) is 2.56. The number of ketones is 1. The van der Waals surface area contributed by atoms with Crippen LogP contribution in [0.15, 0.2) is 64.0 Å². The molecular formula is C19H19ClN2O2. The number of benzene rings is 1. The van der Waals surface area contributed by atoms with Crippen LogP contribution in [0.5, 0.6) is 0 Å². The highest BCUT2D eigenvalue weighted by Crippen LogP contribution is 2.17. The Kier molecular flexibility index (Phi) is 5.88. The number of aromatic amines is 1. The third-order valence-electron chi connectivity index (χ3n) is 3.70. The molecule has 0 atom stereocenters. The lowest BCUT2D eigenvalue weighted by Crippen LogP contribution is -2.07. The van der Waals surface area contributed by atoms with E-state index in [-0.39, 0.29) is 11.3 Å². The van der Waals surface area contributed by atoms with Gasteiger partial charge in [-0.05, 0) is 62.2 Å².